The Morgan fingerprint density at radius 2 is 1.29 bits per heavy atom. The third-order valence-corrected chi connectivity index (χ3v) is 1.33. The molecule has 0 heterocycles. The van der Waals surface area contributed by atoms with Crippen molar-refractivity contribution in [2.45, 2.75) is 33.4 Å². The van der Waals surface area contributed by atoms with Gasteiger partial charge >= 0.3 is 6.18 Å². The van der Waals surface area contributed by atoms with Crippen LogP contribution in [0.5, 0.6) is 0 Å². The summed E-state index contributed by atoms with van der Waals surface area (Å²) in [4.78, 5) is 0. The highest BCUT2D eigenvalue weighted by Gasteiger charge is 2.31. The third-order valence-electron chi connectivity index (χ3n) is 1.33. The van der Waals surface area contributed by atoms with Crippen molar-refractivity contribution in [3.05, 3.63) is 0 Å². The molecule has 0 aromatic rings. The molecule has 0 aliphatic heterocycles. The Labute approximate surface area is 79.3 Å². The zero-order valence-electron chi connectivity index (χ0n) is 8.21. The normalized spacial score (nSPS) is 13.9. The van der Waals surface area contributed by atoms with Crippen LogP contribution in [0.2, 0.25) is 0 Å². The Hall–Kier alpha value is -0.420. The van der Waals surface area contributed by atoms with Gasteiger partial charge in [-0.25, -0.2) is 8.78 Å². The molecule has 1 atom stereocenters. The van der Waals surface area contributed by atoms with Crippen LogP contribution in [-0.2, 0) is 0 Å². The van der Waals surface area contributed by atoms with Crippen molar-refractivity contribution < 1.29 is 26.3 Å². The predicted molar refractivity (Wildman–Crippen MR) is 42.0 cm³/mol. The van der Waals surface area contributed by atoms with Gasteiger partial charge < -0.3 is 0 Å². The number of rotatable bonds is 2. The van der Waals surface area contributed by atoms with Crippen LogP contribution >= 0.6 is 0 Å². The smallest absolute Gasteiger partial charge is 0.251 e. The molecule has 0 aliphatic rings. The van der Waals surface area contributed by atoms with Gasteiger partial charge in [0, 0.05) is 11.8 Å². The van der Waals surface area contributed by atoms with Gasteiger partial charge in [0.15, 0.2) is 0 Å². The minimum absolute atomic E-state index is 0.933. The van der Waals surface area contributed by atoms with Crippen LogP contribution in [0.25, 0.3) is 0 Å². The molecule has 88 valence electrons. The Morgan fingerprint density at radius 3 is 1.29 bits per heavy atom. The summed E-state index contributed by atoms with van der Waals surface area (Å²) in [6, 6.07) is 0. The maximum absolute atomic E-state index is 11.2. The maximum Gasteiger partial charge on any atom is 0.391 e. The average molecular weight is 224 g/mol. The summed E-state index contributed by atoms with van der Waals surface area (Å²) in [6.07, 6.45) is -6.51. The van der Waals surface area contributed by atoms with E-state index in [1.807, 2.05) is 0 Å². The SMILES string of the molecule is CC(C)C(F)(F)F.CC(CF)C(F)F. The Kier molecular flexibility index (Phi) is 7.96. The molecule has 0 bridgehead atoms. The van der Waals surface area contributed by atoms with Gasteiger partial charge in [0.1, 0.15) is 0 Å². The fraction of sp³-hybridized carbons (Fsp3) is 1.00. The van der Waals surface area contributed by atoms with Crippen molar-refractivity contribution in [2.24, 2.45) is 11.8 Å². The summed E-state index contributed by atoms with van der Waals surface area (Å²) < 4.78 is 67.1. The molecule has 0 spiro atoms. The van der Waals surface area contributed by atoms with Gasteiger partial charge in [-0.15, -0.1) is 0 Å². The van der Waals surface area contributed by atoms with E-state index in [1.54, 1.807) is 0 Å². The predicted octanol–water partition coefficient (Wildman–Crippen LogP) is 4.06. The minimum Gasteiger partial charge on any atom is -0.251 e. The third kappa shape index (κ3) is 9.67. The monoisotopic (exact) mass is 224 g/mol. The molecular formula is C8H14F6. The lowest BCUT2D eigenvalue weighted by atomic mass is 10.2. The Morgan fingerprint density at radius 1 is 1.00 bits per heavy atom. The molecule has 14 heavy (non-hydrogen) atoms. The molecule has 0 saturated carbocycles. The van der Waals surface area contributed by atoms with E-state index in [-0.39, 0.29) is 0 Å². The number of alkyl halides is 6. The van der Waals surface area contributed by atoms with Crippen molar-refractivity contribution in [3.8, 4) is 0 Å². The molecule has 0 rings (SSSR count). The first-order chi connectivity index (χ1) is 6.12. The molecule has 1 unspecified atom stereocenters. The van der Waals surface area contributed by atoms with Crippen molar-refractivity contribution in [3.63, 3.8) is 0 Å². The quantitative estimate of drug-likeness (QED) is 0.620. The molecule has 0 radical (unpaired) electrons. The summed E-state index contributed by atoms with van der Waals surface area (Å²) in [5.41, 5.74) is 0. The van der Waals surface area contributed by atoms with E-state index in [4.69, 9.17) is 0 Å². The summed E-state index contributed by atoms with van der Waals surface area (Å²) in [5, 5.41) is 0. The molecule has 0 aliphatic carbocycles. The Bertz CT molecular complexity index is 128. The largest absolute Gasteiger partial charge is 0.391 e. The molecule has 0 amide bonds. The lowest BCUT2D eigenvalue weighted by Crippen LogP contribution is -2.15. The van der Waals surface area contributed by atoms with Gasteiger partial charge in [0.2, 0.25) is 6.43 Å². The molecular weight excluding hydrogens is 210 g/mol. The average Bonchev–Trinajstić information content (AvgIpc) is 2.02. The van der Waals surface area contributed by atoms with Gasteiger partial charge in [-0.2, -0.15) is 13.2 Å². The second kappa shape index (κ2) is 6.95. The molecule has 0 saturated heterocycles. The van der Waals surface area contributed by atoms with Crippen molar-refractivity contribution >= 4 is 0 Å². The van der Waals surface area contributed by atoms with Gasteiger partial charge in [0.25, 0.3) is 0 Å². The molecule has 0 nitrogen and oxygen atoms in total. The van der Waals surface area contributed by atoms with Gasteiger partial charge in [-0.05, 0) is 0 Å². The molecule has 0 aromatic carbocycles. The van der Waals surface area contributed by atoms with Gasteiger partial charge in [-0.1, -0.05) is 20.8 Å². The zero-order chi connectivity index (χ0) is 11.9. The summed E-state index contributed by atoms with van der Waals surface area (Å²) >= 11 is 0. The van der Waals surface area contributed by atoms with E-state index in [0.717, 1.165) is 13.8 Å². The van der Waals surface area contributed by atoms with Crippen LogP contribution in [0.1, 0.15) is 20.8 Å². The van der Waals surface area contributed by atoms with Crippen LogP contribution in [0.3, 0.4) is 0 Å². The lowest BCUT2D eigenvalue weighted by molar-refractivity contribution is -0.164. The minimum atomic E-state index is -4.00. The van der Waals surface area contributed by atoms with Crippen LogP contribution in [0.4, 0.5) is 26.3 Å². The number of halogens is 6. The lowest BCUT2D eigenvalue weighted by Gasteiger charge is -2.07. The first-order valence-corrected chi connectivity index (χ1v) is 4.03. The summed E-state index contributed by atoms with van der Waals surface area (Å²) in [6.45, 7) is 2.49. The molecule has 0 aromatic heterocycles. The van der Waals surface area contributed by atoms with Crippen molar-refractivity contribution in [1.29, 1.82) is 0 Å². The molecule has 0 fully saturated rings. The number of hydrogen-bond donors (Lipinski definition) is 0. The van der Waals surface area contributed by atoms with Crippen LogP contribution in [0.15, 0.2) is 0 Å². The van der Waals surface area contributed by atoms with Gasteiger partial charge in [-0.3, -0.25) is 4.39 Å². The van der Waals surface area contributed by atoms with Crippen LogP contribution in [0, 0.1) is 11.8 Å². The van der Waals surface area contributed by atoms with Crippen LogP contribution < -0.4 is 0 Å². The highest BCUT2D eigenvalue weighted by Crippen LogP contribution is 2.24. The first kappa shape index (κ1) is 16.0. The van der Waals surface area contributed by atoms with E-state index in [0.29, 0.717) is 0 Å². The molecule has 0 N–H and O–H groups in total. The topological polar surface area (TPSA) is 0 Å². The van der Waals surface area contributed by atoms with E-state index < -0.39 is 31.1 Å². The fourth-order valence-electron chi connectivity index (χ4n) is 0.0673. The number of hydrogen-bond acceptors (Lipinski definition) is 0. The van der Waals surface area contributed by atoms with Crippen LogP contribution in [-0.4, -0.2) is 19.3 Å². The van der Waals surface area contributed by atoms with Crippen molar-refractivity contribution in [2.75, 3.05) is 6.67 Å². The van der Waals surface area contributed by atoms with Gasteiger partial charge in [0.05, 0.1) is 6.67 Å². The highest BCUT2D eigenvalue weighted by atomic mass is 19.4. The summed E-state index contributed by atoms with van der Waals surface area (Å²) in [7, 11) is 0. The zero-order valence-corrected chi connectivity index (χ0v) is 8.21. The van der Waals surface area contributed by atoms with E-state index in [9.17, 15) is 26.3 Å². The second-order valence-corrected chi connectivity index (χ2v) is 3.16. The second-order valence-electron chi connectivity index (χ2n) is 3.16. The summed E-state index contributed by atoms with van der Waals surface area (Å²) in [5.74, 6) is -2.30. The maximum atomic E-state index is 11.2. The van der Waals surface area contributed by atoms with Crippen molar-refractivity contribution in [1.82, 2.24) is 0 Å². The fourth-order valence-corrected chi connectivity index (χ4v) is 0.0673. The highest BCUT2D eigenvalue weighted by molar-refractivity contribution is 4.52. The van der Waals surface area contributed by atoms with E-state index >= 15 is 0 Å². The standard InChI is InChI=1S/2C4H7F3/c1-3(2)4(5,6)7;1-3(2-5)4(6)7/h3H,1-2H3;3-4H,2H2,1H3. The van der Waals surface area contributed by atoms with E-state index in [2.05, 4.69) is 0 Å². The Balaban J connectivity index is 0. The molecule has 6 heteroatoms. The first-order valence-electron chi connectivity index (χ1n) is 4.03. The van der Waals surface area contributed by atoms with E-state index in [1.165, 1.54) is 6.92 Å².